The Bertz CT molecular complexity index is 359. The van der Waals surface area contributed by atoms with Crippen LogP contribution in [-0.4, -0.2) is 56.3 Å². The molecule has 0 saturated carbocycles. The number of hydrogen-bond acceptors (Lipinski definition) is 3. The second-order valence-electron chi connectivity index (χ2n) is 5.51. The van der Waals surface area contributed by atoms with Gasteiger partial charge in [0.2, 0.25) is 0 Å². The van der Waals surface area contributed by atoms with Crippen molar-refractivity contribution in [1.29, 1.82) is 0 Å². The molecule has 2 unspecified atom stereocenters. The maximum absolute atomic E-state index is 12.5. The number of nitrogens with zero attached hydrogens (tertiary/aromatic N) is 2. The molecule has 1 aliphatic rings. The van der Waals surface area contributed by atoms with Crippen LogP contribution in [0.2, 0.25) is 0 Å². The van der Waals surface area contributed by atoms with Crippen molar-refractivity contribution in [1.82, 2.24) is 13.9 Å². The van der Waals surface area contributed by atoms with Gasteiger partial charge in [0, 0.05) is 26.2 Å². The van der Waals surface area contributed by atoms with E-state index < -0.39 is 10.2 Å². The van der Waals surface area contributed by atoms with Crippen LogP contribution in [0.15, 0.2) is 0 Å². The van der Waals surface area contributed by atoms with Gasteiger partial charge in [-0.15, -0.1) is 0 Å². The minimum Gasteiger partial charge on any atom is -0.317 e. The van der Waals surface area contributed by atoms with Crippen LogP contribution in [0.5, 0.6) is 0 Å². The van der Waals surface area contributed by atoms with E-state index in [1.807, 2.05) is 6.92 Å². The predicted molar refractivity (Wildman–Crippen MR) is 79.3 cm³/mol. The molecular formula is C13H29N3O2S. The molecule has 0 aliphatic carbocycles. The molecule has 5 nitrogen and oxygen atoms in total. The fourth-order valence-corrected chi connectivity index (χ4v) is 4.23. The molecule has 0 amide bonds. The zero-order chi connectivity index (χ0) is 14.5. The number of nitrogens with one attached hydrogen (secondary N) is 1. The van der Waals surface area contributed by atoms with Gasteiger partial charge in [0.15, 0.2) is 0 Å². The Kier molecular flexibility index (Phi) is 6.73. The fraction of sp³-hybridized carbons (Fsp3) is 1.00. The molecule has 0 spiro atoms. The lowest BCUT2D eigenvalue weighted by Crippen LogP contribution is -2.51. The minimum absolute atomic E-state index is 0.106. The highest BCUT2D eigenvalue weighted by molar-refractivity contribution is 7.86. The standard InChI is InChI=1S/C13H29N3O2S/c1-5-14-9-7-10-15(4)19(17,18)16-11-6-8-12(2)13(16)3/h12-14H,5-11H2,1-4H3. The van der Waals surface area contributed by atoms with E-state index in [2.05, 4.69) is 19.2 Å². The summed E-state index contributed by atoms with van der Waals surface area (Å²) in [6.45, 7) is 9.24. The fourth-order valence-electron chi connectivity index (χ4n) is 2.52. The number of rotatable bonds is 7. The highest BCUT2D eigenvalue weighted by Crippen LogP contribution is 2.26. The van der Waals surface area contributed by atoms with E-state index in [0.717, 1.165) is 32.4 Å². The molecule has 1 saturated heterocycles. The van der Waals surface area contributed by atoms with Crippen LogP contribution in [0.4, 0.5) is 0 Å². The van der Waals surface area contributed by atoms with Gasteiger partial charge in [0.25, 0.3) is 10.2 Å². The lowest BCUT2D eigenvalue weighted by molar-refractivity contribution is 0.191. The molecular weight excluding hydrogens is 262 g/mol. The Morgan fingerprint density at radius 1 is 1.37 bits per heavy atom. The molecule has 0 aromatic rings. The van der Waals surface area contributed by atoms with E-state index in [1.54, 1.807) is 11.4 Å². The summed E-state index contributed by atoms with van der Waals surface area (Å²) in [4.78, 5) is 0. The van der Waals surface area contributed by atoms with Gasteiger partial charge in [-0.05, 0) is 45.2 Å². The molecule has 19 heavy (non-hydrogen) atoms. The summed E-state index contributed by atoms with van der Waals surface area (Å²) >= 11 is 0. The van der Waals surface area contributed by atoms with E-state index in [4.69, 9.17) is 0 Å². The van der Waals surface area contributed by atoms with Crippen LogP contribution >= 0.6 is 0 Å². The molecule has 1 rings (SSSR count). The Balaban J connectivity index is 2.58. The maximum atomic E-state index is 12.5. The highest BCUT2D eigenvalue weighted by atomic mass is 32.2. The smallest absolute Gasteiger partial charge is 0.281 e. The lowest BCUT2D eigenvalue weighted by atomic mass is 9.94. The Hall–Kier alpha value is -0.170. The second kappa shape index (κ2) is 7.57. The van der Waals surface area contributed by atoms with E-state index in [9.17, 15) is 8.42 Å². The van der Waals surface area contributed by atoms with Crippen molar-refractivity contribution in [2.45, 2.75) is 46.1 Å². The minimum atomic E-state index is -3.29. The van der Waals surface area contributed by atoms with Gasteiger partial charge < -0.3 is 5.32 Å². The first-order valence-electron chi connectivity index (χ1n) is 7.35. The predicted octanol–water partition coefficient (Wildman–Crippen LogP) is 1.28. The number of piperidine rings is 1. The van der Waals surface area contributed by atoms with Crippen molar-refractivity contribution in [2.24, 2.45) is 5.92 Å². The quantitative estimate of drug-likeness (QED) is 0.719. The normalized spacial score (nSPS) is 25.9. The van der Waals surface area contributed by atoms with Crippen molar-refractivity contribution in [2.75, 3.05) is 33.2 Å². The average Bonchev–Trinajstić information content (AvgIpc) is 2.37. The largest absolute Gasteiger partial charge is 0.317 e. The van der Waals surface area contributed by atoms with Crippen LogP contribution in [0.25, 0.3) is 0 Å². The molecule has 1 aliphatic heterocycles. The third kappa shape index (κ3) is 4.41. The molecule has 114 valence electrons. The van der Waals surface area contributed by atoms with Crippen LogP contribution in [0, 0.1) is 5.92 Å². The Morgan fingerprint density at radius 2 is 2.05 bits per heavy atom. The van der Waals surface area contributed by atoms with Gasteiger partial charge in [0.1, 0.15) is 0 Å². The second-order valence-corrected chi connectivity index (χ2v) is 7.50. The highest BCUT2D eigenvalue weighted by Gasteiger charge is 2.35. The van der Waals surface area contributed by atoms with Crippen LogP contribution in [0.1, 0.15) is 40.0 Å². The van der Waals surface area contributed by atoms with Gasteiger partial charge in [-0.3, -0.25) is 0 Å². The van der Waals surface area contributed by atoms with Crippen LogP contribution in [0.3, 0.4) is 0 Å². The summed E-state index contributed by atoms with van der Waals surface area (Å²) in [5.74, 6) is 0.443. The molecule has 0 bridgehead atoms. The summed E-state index contributed by atoms with van der Waals surface area (Å²) < 4.78 is 28.2. The van der Waals surface area contributed by atoms with E-state index in [-0.39, 0.29) is 6.04 Å². The summed E-state index contributed by atoms with van der Waals surface area (Å²) in [6.07, 6.45) is 2.94. The average molecular weight is 291 g/mol. The third-order valence-corrected chi connectivity index (χ3v) is 6.16. The first kappa shape index (κ1) is 16.9. The molecule has 1 fully saturated rings. The van der Waals surface area contributed by atoms with Gasteiger partial charge in [0.05, 0.1) is 0 Å². The van der Waals surface area contributed by atoms with Crippen LogP contribution in [-0.2, 0) is 10.2 Å². The Labute approximate surface area is 118 Å². The van der Waals surface area contributed by atoms with Crippen LogP contribution < -0.4 is 5.32 Å². The molecule has 1 N–H and O–H groups in total. The first-order chi connectivity index (χ1) is 8.91. The molecule has 0 aromatic heterocycles. The molecule has 6 heteroatoms. The molecule has 0 aromatic carbocycles. The maximum Gasteiger partial charge on any atom is 0.281 e. The molecule has 2 atom stereocenters. The molecule has 0 radical (unpaired) electrons. The van der Waals surface area contributed by atoms with Crippen molar-refractivity contribution in [3.8, 4) is 0 Å². The molecule has 1 heterocycles. The van der Waals surface area contributed by atoms with Gasteiger partial charge in [-0.2, -0.15) is 17.0 Å². The van der Waals surface area contributed by atoms with E-state index in [0.29, 0.717) is 19.0 Å². The zero-order valence-corrected chi connectivity index (χ0v) is 13.5. The summed E-state index contributed by atoms with van der Waals surface area (Å²) in [7, 11) is -1.60. The van der Waals surface area contributed by atoms with Crippen molar-refractivity contribution >= 4 is 10.2 Å². The summed E-state index contributed by atoms with van der Waals surface area (Å²) in [5.41, 5.74) is 0. The monoisotopic (exact) mass is 291 g/mol. The first-order valence-corrected chi connectivity index (χ1v) is 8.74. The zero-order valence-electron chi connectivity index (χ0n) is 12.7. The van der Waals surface area contributed by atoms with Gasteiger partial charge in [-0.25, -0.2) is 0 Å². The van der Waals surface area contributed by atoms with Crippen molar-refractivity contribution < 1.29 is 8.42 Å². The van der Waals surface area contributed by atoms with E-state index in [1.165, 1.54) is 4.31 Å². The Morgan fingerprint density at radius 3 is 2.68 bits per heavy atom. The topological polar surface area (TPSA) is 52.7 Å². The summed E-state index contributed by atoms with van der Waals surface area (Å²) in [5, 5.41) is 3.22. The van der Waals surface area contributed by atoms with Crippen molar-refractivity contribution in [3.63, 3.8) is 0 Å². The SMILES string of the molecule is CCNCCCN(C)S(=O)(=O)N1CCCC(C)C1C. The van der Waals surface area contributed by atoms with Gasteiger partial charge >= 0.3 is 0 Å². The van der Waals surface area contributed by atoms with E-state index >= 15 is 0 Å². The van der Waals surface area contributed by atoms with Gasteiger partial charge in [-0.1, -0.05) is 13.8 Å². The lowest BCUT2D eigenvalue weighted by Gasteiger charge is -2.38. The van der Waals surface area contributed by atoms with Crippen molar-refractivity contribution in [3.05, 3.63) is 0 Å². The summed E-state index contributed by atoms with van der Waals surface area (Å²) in [6, 6.07) is 0.106. The number of hydrogen-bond donors (Lipinski definition) is 1. The third-order valence-electron chi connectivity index (χ3n) is 4.08.